The molecule has 0 fully saturated rings. The molecule has 6 heteroatoms. The van der Waals surface area contributed by atoms with Gasteiger partial charge in [-0.15, -0.1) is 0 Å². The third-order valence-electron chi connectivity index (χ3n) is 2.52. The fraction of sp³-hybridized carbons (Fsp3) is 0.538. The number of hydrogen-bond acceptors (Lipinski definition) is 3. The molecule has 0 amide bonds. The van der Waals surface area contributed by atoms with Gasteiger partial charge in [-0.05, 0) is 24.6 Å². The lowest BCUT2D eigenvalue weighted by Gasteiger charge is -2.14. The number of benzene rings is 1. The monoisotopic (exact) mass is 277 g/mol. The highest BCUT2D eigenvalue weighted by Crippen LogP contribution is 2.30. The fourth-order valence-corrected chi connectivity index (χ4v) is 1.51. The zero-order valence-corrected chi connectivity index (χ0v) is 10.7. The van der Waals surface area contributed by atoms with Crippen LogP contribution in [0.1, 0.15) is 24.1 Å². The van der Waals surface area contributed by atoms with E-state index in [1.807, 2.05) is 6.92 Å². The molecule has 0 aliphatic heterocycles. The van der Waals surface area contributed by atoms with Crippen molar-refractivity contribution in [1.29, 1.82) is 0 Å². The average Bonchev–Trinajstić information content (AvgIpc) is 2.37. The minimum absolute atomic E-state index is 0.161. The van der Waals surface area contributed by atoms with Crippen LogP contribution in [-0.4, -0.2) is 26.4 Å². The summed E-state index contributed by atoms with van der Waals surface area (Å²) < 4.78 is 47.9. The van der Waals surface area contributed by atoms with Crippen molar-refractivity contribution in [2.75, 3.05) is 26.4 Å². The van der Waals surface area contributed by atoms with Crippen molar-refractivity contribution in [1.82, 2.24) is 0 Å². The second kappa shape index (κ2) is 7.47. The molecule has 0 aliphatic rings. The molecule has 1 aromatic carbocycles. The minimum Gasteiger partial charge on any atom is -0.379 e. The SMILES string of the molecule is CCOCCOCC(N)c1cccc(C(F)(F)F)c1. The van der Waals surface area contributed by atoms with E-state index in [4.69, 9.17) is 15.2 Å². The number of halogens is 3. The van der Waals surface area contributed by atoms with Crippen LogP contribution >= 0.6 is 0 Å². The summed E-state index contributed by atoms with van der Waals surface area (Å²) in [5, 5.41) is 0. The van der Waals surface area contributed by atoms with Crippen LogP contribution in [0.3, 0.4) is 0 Å². The first kappa shape index (κ1) is 15.9. The average molecular weight is 277 g/mol. The summed E-state index contributed by atoms with van der Waals surface area (Å²) in [6.07, 6.45) is -4.36. The Hall–Kier alpha value is -1.11. The van der Waals surface area contributed by atoms with Crippen molar-refractivity contribution in [3.8, 4) is 0 Å². The lowest BCUT2D eigenvalue weighted by Crippen LogP contribution is -2.19. The number of nitrogens with two attached hydrogens (primary N) is 1. The van der Waals surface area contributed by atoms with E-state index >= 15 is 0 Å². The van der Waals surface area contributed by atoms with E-state index < -0.39 is 17.8 Å². The van der Waals surface area contributed by atoms with Crippen molar-refractivity contribution in [3.63, 3.8) is 0 Å². The smallest absolute Gasteiger partial charge is 0.379 e. The van der Waals surface area contributed by atoms with Gasteiger partial charge in [-0.3, -0.25) is 0 Å². The molecule has 108 valence electrons. The molecule has 1 atom stereocenters. The van der Waals surface area contributed by atoms with Gasteiger partial charge in [0.15, 0.2) is 0 Å². The highest BCUT2D eigenvalue weighted by molar-refractivity contribution is 5.27. The van der Waals surface area contributed by atoms with Gasteiger partial charge < -0.3 is 15.2 Å². The predicted octanol–water partition coefficient (Wildman–Crippen LogP) is 2.76. The molecular weight excluding hydrogens is 259 g/mol. The van der Waals surface area contributed by atoms with E-state index in [1.165, 1.54) is 6.07 Å². The Morgan fingerprint density at radius 3 is 2.53 bits per heavy atom. The Morgan fingerprint density at radius 2 is 1.89 bits per heavy atom. The Morgan fingerprint density at radius 1 is 1.21 bits per heavy atom. The molecule has 0 spiro atoms. The molecule has 19 heavy (non-hydrogen) atoms. The standard InChI is InChI=1S/C13H18F3NO2/c1-2-18-6-7-19-9-12(17)10-4-3-5-11(8-10)13(14,15)16/h3-5,8,12H,2,6-7,9,17H2,1H3. The zero-order chi connectivity index (χ0) is 14.3. The van der Waals surface area contributed by atoms with Crippen LogP contribution < -0.4 is 5.73 Å². The summed E-state index contributed by atoms with van der Waals surface area (Å²) >= 11 is 0. The van der Waals surface area contributed by atoms with Gasteiger partial charge in [0.2, 0.25) is 0 Å². The first-order valence-corrected chi connectivity index (χ1v) is 6.03. The normalized spacial score (nSPS) is 13.5. The molecule has 3 nitrogen and oxygen atoms in total. The van der Waals surface area contributed by atoms with Gasteiger partial charge in [-0.2, -0.15) is 13.2 Å². The quantitative estimate of drug-likeness (QED) is 0.779. The second-order valence-corrected chi connectivity index (χ2v) is 4.00. The largest absolute Gasteiger partial charge is 0.416 e. The van der Waals surface area contributed by atoms with Crippen LogP contribution in [0.25, 0.3) is 0 Å². The highest BCUT2D eigenvalue weighted by atomic mass is 19.4. The molecular formula is C13H18F3NO2. The molecule has 0 aromatic heterocycles. The van der Waals surface area contributed by atoms with Gasteiger partial charge in [0.1, 0.15) is 0 Å². The highest BCUT2D eigenvalue weighted by Gasteiger charge is 2.30. The van der Waals surface area contributed by atoms with Crippen LogP contribution in [0.15, 0.2) is 24.3 Å². The number of alkyl halides is 3. The topological polar surface area (TPSA) is 44.5 Å². The van der Waals surface area contributed by atoms with E-state index in [-0.39, 0.29) is 6.61 Å². The van der Waals surface area contributed by atoms with E-state index in [1.54, 1.807) is 6.07 Å². The summed E-state index contributed by atoms with van der Waals surface area (Å²) in [6, 6.07) is 4.40. The summed E-state index contributed by atoms with van der Waals surface area (Å²) in [4.78, 5) is 0. The number of hydrogen-bond donors (Lipinski definition) is 1. The lowest BCUT2D eigenvalue weighted by molar-refractivity contribution is -0.137. The van der Waals surface area contributed by atoms with Crippen molar-refractivity contribution in [2.45, 2.75) is 19.1 Å². The van der Waals surface area contributed by atoms with Crippen LogP contribution in [0.4, 0.5) is 13.2 Å². The molecule has 0 saturated carbocycles. The van der Waals surface area contributed by atoms with Gasteiger partial charge in [0.25, 0.3) is 0 Å². The maximum absolute atomic E-state index is 12.5. The third-order valence-corrected chi connectivity index (χ3v) is 2.52. The van der Waals surface area contributed by atoms with Crippen LogP contribution in [0.2, 0.25) is 0 Å². The molecule has 0 saturated heterocycles. The summed E-state index contributed by atoms with van der Waals surface area (Å²) in [6.45, 7) is 3.46. The van der Waals surface area contributed by atoms with Gasteiger partial charge in [0.05, 0.1) is 31.4 Å². The maximum atomic E-state index is 12.5. The summed E-state index contributed by atoms with van der Waals surface area (Å²) in [5.41, 5.74) is 5.50. The fourth-order valence-electron chi connectivity index (χ4n) is 1.51. The minimum atomic E-state index is -4.36. The van der Waals surface area contributed by atoms with E-state index in [0.717, 1.165) is 12.1 Å². The molecule has 1 unspecified atom stereocenters. The number of ether oxygens (including phenoxy) is 2. The van der Waals surface area contributed by atoms with E-state index in [0.29, 0.717) is 25.4 Å². The molecule has 1 aromatic rings. The van der Waals surface area contributed by atoms with Crippen LogP contribution in [0, 0.1) is 0 Å². The lowest BCUT2D eigenvalue weighted by atomic mass is 10.1. The summed E-state index contributed by atoms with van der Waals surface area (Å²) in [5.74, 6) is 0. The summed E-state index contributed by atoms with van der Waals surface area (Å²) in [7, 11) is 0. The zero-order valence-electron chi connectivity index (χ0n) is 10.7. The molecule has 1 rings (SSSR count). The second-order valence-electron chi connectivity index (χ2n) is 4.00. The molecule has 0 radical (unpaired) electrons. The van der Waals surface area contributed by atoms with Crippen molar-refractivity contribution in [3.05, 3.63) is 35.4 Å². The Labute approximate surface area is 110 Å². The Bertz CT molecular complexity index is 382. The van der Waals surface area contributed by atoms with E-state index in [9.17, 15) is 13.2 Å². The van der Waals surface area contributed by atoms with Crippen molar-refractivity contribution >= 4 is 0 Å². The maximum Gasteiger partial charge on any atom is 0.416 e. The predicted molar refractivity (Wildman–Crippen MR) is 65.7 cm³/mol. The van der Waals surface area contributed by atoms with Crippen molar-refractivity contribution < 1.29 is 22.6 Å². The Kier molecular flexibility index (Phi) is 6.27. The third kappa shape index (κ3) is 5.59. The van der Waals surface area contributed by atoms with Gasteiger partial charge in [-0.1, -0.05) is 12.1 Å². The van der Waals surface area contributed by atoms with E-state index in [2.05, 4.69) is 0 Å². The molecule has 0 bridgehead atoms. The number of rotatable bonds is 7. The first-order chi connectivity index (χ1) is 8.95. The van der Waals surface area contributed by atoms with Crippen LogP contribution in [0.5, 0.6) is 0 Å². The van der Waals surface area contributed by atoms with Crippen LogP contribution in [-0.2, 0) is 15.7 Å². The first-order valence-electron chi connectivity index (χ1n) is 6.03. The van der Waals surface area contributed by atoms with Gasteiger partial charge in [0, 0.05) is 6.61 Å². The van der Waals surface area contributed by atoms with Gasteiger partial charge >= 0.3 is 6.18 Å². The Balaban J connectivity index is 2.50. The molecule has 0 aliphatic carbocycles. The molecule has 0 heterocycles. The van der Waals surface area contributed by atoms with Gasteiger partial charge in [-0.25, -0.2) is 0 Å². The van der Waals surface area contributed by atoms with Crippen molar-refractivity contribution in [2.24, 2.45) is 5.73 Å². The molecule has 2 N–H and O–H groups in total.